The fourth-order valence-corrected chi connectivity index (χ4v) is 4.26. The van der Waals surface area contributed by atoms with Crippen LogP contribution in [-0.4, -0.2) is 44.0 Å². The van der Waals surface area contributed by atoms with Crippen LogP contribution in [0.5, 0.6) is 0 Å². The zero-order valence-corrected chi connectivity index (χ0v) is 13.2. The molecule has 4 nitrogen and oxygen atoms in total. The summed E-state index contributed by atoms with van der Waals surface area (Å²) in [5, 5.41) is 0.676. The van der Waals surface area contributed by atoms with Gasteiger partial charge in [0.25, 0.3) is 0 Å². The predicted molar refractivity (Wildman–Crippen MR) is 82.7 cm³/mol. The molecular formula is C14H21ClN2O2S. The number of hydrogen-bond donors (Lipinski definition) is 1. The molecule has 1 saturated heterocycles. The molecule has 1 fully saturated rings. The highest BCUT2D eigenvalue weighted by atomic mass is 35.5. The van der Waals surface area contributed by atoms with Gasteiger partial charge in [0, 0.05) is 23.7 Å². The van der Waals surface area contributed by atoms with E-state index >= 15 is 0 Å². The molecule has 1 heterocycles. The first-order chi connectivity index (χ1) is 9.39. The zero-order valence-electron chi connectivity index (χ0n) is 11.6. The number of nitrogens with zero attached hydrogens (tertiary/aromatic N) is 1. The molecule has 0 radical (unpaired) electrons. The molecule has 1 aromatic carbocycles. The summed E-state index contributed by atoms with van der Waals surface area (Å²) >= 11 is 6.05. The molecule has 0 bridgehead atoms. The number of benzene rings is 1. The van der Waals surface area contributed by atoms with Gasteiger partial charge in [-0.05, 0) is 37.6 Å². The number of sulfone groups is 1. The normalized spacial score (nSPS) is 22.9. The summed E-state index contributed by atoms with van der Waals surface area (Å²) in [5.74, 6) is 0.474. The van der Waals surface area contributed by atoms with Gasteiger partial charge >= 0.3 is 0 Å². The van der Waals surface area contributed by atoms with Crippen molar-refractivity contribution in [3.63, 3.8) is 0 Å². The second-order valence-corrected chi connectivity index (χ2v) is 8.14. The maximum absolute atomic E-state index is 11.7. The van der Waals surface area contributed by atoms with E-state index in [9.17, 15) is 8.42 Å². The highest BCUT2D eigenvalue weighted by Crippen LogP contribution is 2.27. The first kappa shape index (κ1) is 15.8. The van der Waals surface area contributed by atoms with Crippen molar-refractivity contribution in [2.45, 2.75) is 25.4 Å². The Labute approximate surface area is 125 Å². The van der Waals surface area contributed by atoms with Crippen molar-refractivity contribution >= 4 is 21.4 Å². The van der Waals surface area contributed by atoms with Gasteiger partial charge in [-0.25, -0.2) is 8.42 Å². The van der Waals surface area contributed by atoms with E-state index in [1.807, 2.05) is 31.2 Å². The molecule has 0 amide bonds. The quantitative estimate of drug-likeness (QED) is 0.924. The Morgan fingerprint density at radius 1 is 1.30 bits per heavy atom. The number of hydrogen-bond acceptors (Lipinski definition) is 4. The Morgan fingerprint density at radius 2 is 2.05 bits per heavy atom. The molecule has 0 spiro atoms. The number of nitrogens with two attached hydrogens (primary N) is 1. The molecule has 20 heavy (non-hydrogen) atoms. The van der Waals surface area contributed by atoms with Gasteiger partial charge < -0.3 is 5.73 Å². The smallest absolute Gasteiger partial charge is 0.151 e. The molecule has 0 aliphatic carbocycles. The van der Waals surface area contributed by atoms with E-state index in [0.29, 0.717) is 18.0 Å². The van der Waals surface area contributed by atoms with Crippen molar-refractivity contribution < 1.29 is 8.42 Å². The van der Waals surface area contributed by atoms with E-state index in [1.165, 1.54) is 0 Å². The van der Waals surface area contributed by atoms with Crippen LogP contribution >= 0.6 is 11.6 Å². The SMILES string of the molecule is CC(N)C(c1cccc(Cl)c1)N1CCCS(=O)(=O)CC1. The lowest BCUT2D eigenvalue weighted by Crippen LogP contribution is -2.41. The van der Waals surface area contributed by atoms with Crippen LogP contribution in [0.1, 0.15) is 24.9 Å². The molecule has 0 saturated carbocycles. The Bertz CT molecular complexity index is 560. The van der Waals surface area contributed by atoms with E-state index in [-0.39, 0.29) is 23.6 Å². The predicted octanol–water partition coefficient (Wildman–Crippen LogP) is 1.85. The summed E-state index contributed by atoms with van der Waals surface area (Å²) in [7, 11) is -2.91. The molecule has 2 atom stereocenters. The molecule has 1 aromatic rings. The third-order valence-electron chi connectivity index (χ3n) is 3.67. The average molecular weight is 317 g/mol. The van der Waals surface area contributed by atoms with Crippen LogP contribution in [0.4, 0.5) is 0 Å². The van der Waals surface area contributed by atoms with Crippen LogP contribution in [0.15, 0.2) is 24.3 Å². The summed E-state index contributed by atoms with van der Waals surface area (Å²) < 4.78 is 23.4. The minimum absolute atomic E-state index is 0.00185. The molecular weight excluding hydrogens is 296 g/mol. The van der Waals surface area contributed by atoms with Crippen LogP contribution < -0.4 is 5.73 Å². The van der Waals surface area contributed by atoms with Crippen LogP contribution in [0.2, 0.25) is 5.02 Å². The Morgan fingerprint density at radius 3 is 2.70 bits per heavy atom. The lowest BCUT2D eigenvalue weighted by molar-refractivity contribution is 0.190. The van der Waals surface area contributed by atoms with Crippen molar-refractivity contribution in [3.8, 4) is 0 Å². The van der Waals surface area contributed by atoms with Gasteiger partial charge in [0.1, 0.15) is 0 Å². The van der Waals surface area contributed by atoms with E-state index in [4.69, 9.17) is 17.3 Å². The van der Waals surface area contributed by atoms with E-state index in [0.717, 1.165) is 12.1 Å². The minimum Gasteiger partial charge on any atom is -0.326 e. The Balaban J connectivity index is 2.25. The zero-order chi connectivity index (χ0) is 14.8. The topological polar surface area (TPSA) is 63.4 Å². The Hall–Kier alpha value is -0.620. The van der Waals surface area contributed by atoms with Gasteiger partial charge in [-0.15, -0.1) is 0 Å². The summed E-state index contributed by atoms with van der Waals surface area (Å²) in [6.45, 7) is 3.23. The van der Waals surface area contributed by atoms with Gasteiger partial charge in [0.2, 0.25) is 0 Å². The first-order valence-corrected chi connectivity index (χ1v) is 9.04. The van der Waals surface area contributed by atoms with Gasteiger partial charge in [-0.3, -0.25) is 4.90 Å². The maximum atomic E-state index is 11.7. The third-order valence-corrected chi connectivity index (χ3v) is 5.62. The third kappa shape index (κ3) is 3.95. The average Bonchev–Trinajstić information content (AvgIpc) is 2.51. The van der Waals surface area contributed by atoms with Gasteiger partial charge in [0.05, 0.1) is 11.5 Å². The van der Waals surface area contributed by atoms with Gasteiger partial charge in [-0.2, -0.15) is 0 Å². The monoisotopic (exact) mass is 316 g/mol. The highest BCUT2D eigenvalue weighted by Gasteiger charge is 2.28. The summed E-state index contributed by atoms with van der Waals surface area (Å²) in [4.78, 5) is 2.17. The lowest BCUT2D eigenvalue weighted by Gasteiger charge is -2.33. The molecule has 2 rings (SSSR count). The van der Waals surface area contributed by atoms with Gasteiger partial charge in [0.15, 0.2) is 9.84 Å². The highest BCUT2D eigenvalue weighted by molar-refractivity contribution is 7.91. The van der Waals surface area contributed by atoms with Crippen molar-refractivity contribution in [3.05, 3.63) is 34.9 Å². The van der Waals surface area contributed by atoms with Crippen LogP contribution in [-0.2, 0) is 9.84 Å². The van der Waals surface area contributed by atoms with Crippen LogP contribution in [0.25, 0.3) is 0 Å². The van der Waals surface area contributed by atoms with Crippen LogP contribution in [0, 0.1) is 0 Å². The molecule has 1 aliphatic rings. The molecule has 2 unspecified atom stereocenters. The van der Waals surface area contributed by atoms with Crippen molar-refractivity contribution in [2.24, 2.45) is 5.73 Å². The molecule has 2 N–H and O–H groups in total. The Kier molecular flexibility index (Phi) is 5.07. The van der Waals surface area contributed by atoms with Crippen molar-refractivity contribution in [2.75, 3.05) is 24.6 Å². The van der Waals surface area contributed by atoms with Crippen molar-refractivity contribution in [1.82, 2.24) is 4.90 Å². The summed E-state index contributed by atoms with van der Waals surface area (Å²) in [5.41, 5.74) is 7.18. The van der Waals surface area contributed by atoms with Gasteiger partial charge in [-0.1, -0.05) is 23.7 Å². The minimum atomic E-state index is -2.91. The molecule has 6 heteroatoms. The largest absolute Gasteiger partial charge is 0.326 e. The second-order valence-electron chi connectivity index (χ2n) is 5.40. The molecule has 1 aliphatic heterocycles. The van der Waals surface area contributed by atoms with E-state index < -0.39 is 9.84 Å². The summed E-state index contributed by atoms with van der Waals surface area (Å²) in [6.07, 6.45) is 0.659. The fraction of sp³-hybridized carbons (Fsp3) is 0.571. The number of rotatable bonds is 3. The van der Waals surface area contributed by atoms with E-state index in [2.05, 4.69) is 4.90 Å². The molecule has 0 aromatic heterocycles. The van der Waals surface area contributed by atoms with Crippen LogP contribution in [0.3, 0.4) is 0 Å². The lowest BCUT2D eigenvalue weighted by atomic mass is 9.99. The second kappa shape index (κ2) is 6.43. The van der Waals surface area contributed by atoms with Crippen molar-refractivity contribution in [1.29, 1.82) is 0 Å². The van der Waals surface area contributed by atoms with E-state index in [1.54, 1.807) is 0 Å². The standard InChI is InChI=1S/C14H21ClN2O2S/c1-11(16)14(12-4-2-5-13(15)10-12)17-6-3-8-20(18,19)9-7-17/h2,4-5,10-11,14H,3,6-9,16H2,1H3. The first-order valence-electron chi connectivity index (χ1n) is 6.84. The molecule has 112 valence electrons. The maximum Gasteiger partial charge on any atom is 0.151 e. The fourth-order valence-electron chi connectivity index (χ4n) is 2.77. The number of halogens is 1. The summed E-state index contributed by atoms with van der Waals surface area (Å²) in [6, 6.07) is 7.56.